The molecular weight excluding hydrogens is 386 g/mol. The number of amides is 2. The lowest BCUT2D eigenvalue weighted by Gasteiger charge is -2.37. The van der Waals surface area contributed by atoms with E-state index >= 15 is 0 Å². The van der Waals surface area contributed by atoms with E-state index in [1.54, 1.807) is 24.3 Å². The maximum absolute atomic E-state index is 12.9. The molecule has 0 spiro atoms. The van der Waals surface area contributed by atoms with E-state index in [0.29, 0.717) is 28.9 Å². The Morgan fingerprint density at radius 3 is 2.43 bits per heavy atom. The van der Waals surface area contributed by atoms with Crippen LogP contribution in [-0.2, 0) is 9.59 Å². The predicted molar refractivity (Wildman–Crippen MR) is 105 cm³/mol. The van der Waals surface area contributed by atoms with Crippen molar-refractivity contribution in [1.29, 1.82) is 0 Å². The lowest BCUT2D eigenvalue weighted by Crippen LogP contribution is -2.40. The predicted octanol–water partition coefficient (Wildman–Crippen LogP) is 3.24. The van der Waals surface area contributed by atoms with Crippen molar-refractivity contribution >= 4 is 23.7 Å². The summed E-state index contributed by atoms with van der Waals surface area (Å²) in [6.45, 7) is 0. The lowest BCUT2D eigenvalue weighted by atomic mass is 9.63. The van der Waals surface area contributed by atoms with Gasteiger partial charge in [-0.05, 0) is 42.2 Å². The van der Waals surface area contributed by atoms with Crippen molar-refractivity contribution in [2.45, 2.75) is 6.42 Å². The first-order chi connectivity index (χ1) is 14.5. The maximum atomic E-state index is 12.9. The second-order valence-corrected chi connectivity index (χ2v) is 8.40. The van der Waals surface area contributed by atoms with Crippen LogP contribution in [0, 0.1) is 45.6 Å². The number of non-ortho nitro benzene ring substituents is 1. The smallest absolute Gasteiger partial charge is 0.270 e. The number of hydrogen-bond donors (Lipinski definition) is 0. The summed E-state index contributed by atoms with van der Waals surface area (Å²) < 4.78 is 5.70. The topological polar surface area (TPSA) is 106 Å². The van der Waals surface area contributed by atoms with Gasteiger partial charge in [0.2, 0.25) is 0 Å². The molecule has 2 heterocycles. The molecule has 2 saturated carbocycles. The number of nitro benzene ring substituents is 1. The van der Waals surface area contributed by atoms with Gasteiger partial charge in [0.15, 0.2) is 0 Å². The average Bonchev–Trinajstić information content (AvgIpc) is 3.39. The minimum atomic E-state index is -0.467. The van der Waals surface area contributed by atoms with Crippen LogP contribution in [0.15, 0.2) is 58.1 Å². The molecule has 1 aliphatic heterocycles. The van der Waals surface area contributed by atoms with Gasteiger partial charge in [-0.15, -0.1) is 0 Å². The number of carbonyl (C=O) groups is 2. The first kappa shape index (κ1) is 17.3. The Bertz CT molecular complexity index is 1130. The molecule has 1 aromatic carbocycles. The van der Waals surface area contributed by atoms with E-state index in [-0.39, 0.29) is 41.2 Å². The molecule has 3 fully saturated rings. The molecular formula is C22H17N3O5. The minimum absolute atomic E-state index is 0.0312. The number of allylic oxidation sites excluding steroid dienone is 2. The summed E-state index contributed by atoms with van der Waals surface area (Å²) in [5.74, 6) is 1.18. The van der Waals surface area contributed by atoms with Crippen LogP contribution < -0.4 is 0 Å². The Kier molecular flexibility index (Phi) is 3.45. The van der Waals surface area contributed by atoms with Crippen molar-refractivity contribution in [3.63, 3.8) is 0 Å². The van der Waals surface area contributed by atoms with Crippen LogP contribution in [0.2, 0.25) is 0 Å². The summed E-state index contributed by atoms with van der Waals surface area (Å²) in [5, 5.41) is 16.1. The zero-order valence-electron chi connectivity index (χ0n) is 15.8. The van der Waals surface area contributed by atoms with E-state index in [4.69, 9.17) is 4.42 Å². The molecule has 0 radical (unpaired) electrons. The fraction of sp³-hybridized carbons (Fsp3) is 0.318. The molecule has 0 unspecified atom stereocenters. The quantitative estimate of drug-likeness (QED) is 0.256. The number of furan rings is 1. The zero-order chi connectivity index (χ0) is 20.6. The Labute approximate surface area is 171 Å². The normalized spacial score (nSPS) is 33.3. The summed E-state index contributed by atoms with van der Waals surface area (Å²) >= 11 is 0. The van der Waals surface area contributed by atoms with Gasteiger partial charge in [-0.25, -0.2) is 0 Å². The first-order valence-corrected chi connectivity index (χ1v) is 9.98. The largest absolute Gasteiger partial charge is 0.455 e. The molecule has 8 nitrogen and oxygen atoms in total. The Balaban J connectivity index is 1.24. The fourth-order valence-electron chi connectivity index (χ4n) is 5.52. The van der Waals surface area contributed by atoms with Gasteiger partial charge < -0.3 is 4.42 Å². The van der Waals surface area contributed by atoms with E-state index < -0.39 is 4.92 Å². The van der Waals surface area contributed by atoms with Crippen LogP contribution in [-0.4, -0.2) is 28.0 Å². The van der Waals surface area contributed by atoms with Gasteiger partial charge in [-0.2, -0.15) is 10.1 Å². The van der Waals surface area contributed by atoms with Gasteiger partial charge >= 0.3 is 0 Å². The Morgan fingerprint density at radius 2 is 1.77 bits per heavy atom. The van der Waals surface area contributed by atoms with E-state index in [1.807, 2.05) is 0 Å². The summed E-state index contributed by atoms with van der Waals surface area (Å²) in [6.07, 6.45) is 6.71. The van der Waals surface area contributed by atoms with E-state index in [0.717, 1.165) is 11.4 Å². The number of benzene rings is 1. The van der Waals surface area contributed by atoms with Crippen LogP contribution in [0.3, 0.4) is 0 Å². The molecule has 5 aliphatic rings. The van der Waals surface area contributed by atoms with Crippen molar-refractivity contribution in [2.75, 3.05) is 0 Å². The highest BCUT2D eigenvalue weighted by Crippen LogP contribution is 2.65. The van der Waals surface area contributed by atoms with Gasteiger partial charge in [0.1, 0.15) is 11.5 Å². The highest BCUT2D eigenvalue weighted by molar-refractivity contribution is 6.06. The molecule has 7 rings (SSSR count). The van der Waals surface area contributed by atoms with Gasteiger partial charge in [-0.3, -0.25) is 19.7 Å². The Morgan fingerprint density at radius 1 is 1.07 bits per heavy atom. The van der Waals surface area contributed by atoms with Crippen LogP contribution in [0.1, 0.15) is 12.2 Å². The van der Waals surface area contributed by atoms with Crippen molar-refractivity contribution in [3.05, 3.63) is 64.4 Å². The lowest BCUT2D eigenvalue weighted by molar-refractivity contribution is -0.384. The molecule has 0 N–H and O–H groups in total. The second-order valence-electron chi connectivity index (χ2n) is 8.40. The van der Waals surface area contributed by atoms with Crippen LogP contribution in [0.25, 0.3) is 11.3 Å². The van der Waals surface area contributed by atoms with Crippen LogP contribution in [0.5, 0.6) is 0 Å². The third-order valence-corrected chi connectivity index (χ3v) is 6.91. The number of nitrogens with zero attached hydrogens (tertiary/aromatic N) is 3. The molecule has 2 aromatic rings. The maximum Gasteiger partial charge on any atom is 0.270 e. The molecule has 150 valence electrons. The molecule has 1 saturated heterocycles. The third-order valence-electron chi connectivity index (χ3n) is 6.91. The number of rotatable bonds is 4. The number of hydrogen-bond acceptors (Lipinski definition) is 6. The molecule has 4 aliphatic carbocycles. The van der Waals surface area contributed by atoms with Crippen molar-refractivity contribution in [2.24, 2.45) is 40.6 Å². The zero-order valence-corrected chi connectivity index (χ0v) is 15.8. The van der Waals surface area contributed by atoms with Crippen molar-refractivity contribution in [3.8, 4) is 11.3 Å². The van der Waals surface area contributed by atoms with Gasteiger partial charge in [0.05, 0.1) is 23.0 Å². The second kappa shape index (κ2) is 5.98. The van der Waals surface area contributed by atoms with Crippen LogP contribution in [0.4, 0.5) is 5.69 Å². The number of imide groups is 1. The fourth-order valence-corrected chi connectivity index (χ4v) is 5.52. The molecule has 2 amide bonds. The molecule has 1 aromatic heterocycles. The summed E-state index contributed by atoms with van der Waals surface area (Å²) in [4.78, 5) is 36.3. The number of hydrazone groups is 1. The summed E-state index contributed by atoms with van der Waals surface area (Å²) in [7, 11) is 0. The monoisotopic (exact) mass is 403 g/mol. The average molecular weight is 403 g/mol. The van der Waals surface area contributed by atoms with E-state index in [2.05, 4.69) is 17.3 Å². The van der Waals surface area contributed by atoms with E-state index in [1.165, 1.54) is 18.3 Å². The molecule has 30 heavy (non-hydrogen) atoms. The van der Waals surface area contributed by atoms with Crippen molar-refractivity contribution in [1.82, 2.24) is 5.01 Å². The van der Waals surface area contributed by atoms with Gasteiger partial charge in [-0.1, -0.05) is 24.3 Å². The van der Waals surface area contributed by atoms with Crippen LogP contribution >= 0.6 is 0 Å². The molecule has 2 bridgehead atoms. The standard InChI is InChI=1S/C22H17N3O5/c26-21-19-14-5-6-15(17-9-16(14)17)20(19)22(27)24(21)23-10-13-4-7-18(30-13)11-2-1-3-12(8-11)25(28)29/h1-8,10,14-17,19-20H,9H2/b23-10-/t14-,15-,16-,17+,19+,20+/m1/s1. The van der Waals surface area contributed by atoms with Gasteiger partial charge in [0.25, 0.3) is 17.5 Å². The van der Waals surface area contributed by atoms with Gasteiger partial charge in [0, 0.05) is 17.7 Å². The van der Waals surface area contributed by atoms with Crippen molar-refractivity contribution < 1.29 is 18.9 Å². The Hall–Kier alpha value is -3.55. The van der Waals surface area contributed by atoms with E-state index in [9.17, 15) is 19.7 Å². The SMILES string of the molecule is O=C1[C@H]2[C@@H]3C=C[C@H]([C@@H]4C[C@H]34)[C@@H]2C(=O)N1/N=C\c1ccc(-c2cccc([N+](=O)[O-])c2)o1. The minimum Gasteiger partial charge on any atom is -0.455 e. The number of carbonyl (C=O) groups excluding carboxylic acids is 2. The summed E-state index contributed by atoms with van der Waals surface area (Å²) in [6, 6.07) is 9.44. The highest BCUT2D eigenvalue weighted by atomic mass is 16.6. The summed E-state index contributed by atoms with van der Waals surface area (Å²) in [5.41, 5.74) is 0.529. The first-order valence-electron chi connectivity index (χ1n) is 9.98. The number of nitro groups is 1. The highest BCUT2D eigenvalue weighted by Gasteiger charge is 2.67. The molecule has 8 heteroatoms. The third kappa shape index (κ3) is 2.36. The molecule has 6 atom stereocenters.